The fraction of sp³-hybridized carbons (Fsp3) is 0.412. The van der Waals surface area contributed by atoms with E-state index in [-0.39, 0.29) is 12.3 Å². The number of aryl methyl sites for hydroxylation is 1. The number of aromatic nitrogens is 2. The van der Waals surface area contributed by atoms with E-state index < -0.39 is 0 Å². The van der Waals surface area contributed by atoms with E-state index in [1.165, 1.54) is 5.56 Å². The molecular formula is C17H22N4O2. The highest BCUT2D eigenvalue weighted by atomic mass is 16.5. The van der Waals surface area contributed by atoms with Crippen LogP contribution in [0.4, 0.5) is 5.95 Å². The Kier molecular flexibility index (Phi) is 5.05. The van der Waals surface area contributed by atoms with Gasteiger partial charge in [-0.05, 0) is 36.6 Å². The lowest BCUT2D eigenvalue weighted by atomic mass is 10.0. The molecule has 1 aliphatic heterocycles. The van der Waals surface area contributed by atoms with E-state index in [1.807, 2.05) is 18.2 Å². The van der Waals surface area contributed by atoms with Crippen molar-refractivity contribution in [3.63, 3.8) is 0 Å². The lowest BCUT2D eigenvalue weighted by Crippen LogP contribution is -2.53. The highest BCUT2D eigenvalue weighted by Gasteiger charge is 2.28. The second-order valence-electron chi connectivity index (χ2n) is 5.61. The molecule has 1 fully saturated rings. The molecule has 0 aliphatic carbocycles. The Balaban J connectivity index is 1.66. The molecule has 2 N–H and O–H groups in total. The molecule has 1 aliphatic rings. The van der Waals surface area contributed by atoms with Gasteiger partial charge in [-0.1, -0.05) is 12.1 Å². The number of hydrogen-bond acceptors (Lipinski definition) is 6. The maximum atomic E-state index is 5.93. The van der Waals surface area contributed by atoms with Gasteiger partial charge in [0.05, 0.1) is 26.3 Å². The van der Waals surface area contributed by atoms with Crippen molar-refractivity contribution in [1.29, 1.82) is 0 Å². The van der Waals surface area contributed by atoms with Crippen LogP contribution in [0.1, 0.15) is 12.0 Å². The van der Waals surface area contributed by atoms with Crippen molar-refractivity contribution in [2.45, 2.75) is 25.1 Å². The maximum Gasteiger partial charge on any atom is 0.225 e. The third kappa shape index (κ3) is 3.97. The van der Waals surface area contributed by atoms with Crippen molar-refractivity contribution in [3.05, 3.63) is 48.3 Å². The van der Waals surface area contributed by atoms with Crippen LogP contribution in [-0.2, 0) is 11.2 Å². The first-order chi connectivity index (χ1) is 11.3. The van der Waals surface area contributed by atoms with E-state index in [0.717, 1.165) is 18.6 Å². The van der Waals surface area contributed by atoms with Crippen molar-refractivity contribution in [1.82, 2.24) is 9.97 Å². The monoisotopic (exact) mass is 314 g/mol. The number of morpholine rings is 1. The van der Waals surface area contributed by atoms with Crippen LogP contribution in [0.3, 0.4) is 0 Å². The highest BCUT2D eigenvalue weighted by molar-refractivity contribution is 5.32. The van der Waals surface area contributed by atoms with Crippen molar-refractivity contribution in [2.24, 2.45) is 5.73 Å². The molecule has 1 aromatic heterocycles. The number of hydrogen-bond donors (Lipinski definition) is 1. The van der Waals surface area contributed by atoms with Crippen molar-refractivity contribution < 1.29 is 9.47 Å². The number of benzene rings is 1. The molecule has 3 rings (SSSR count). The van der Waals surface area contributed by atoms with Gasteiger partial charge in [-0.25, -0.2) is 9.97 Å². The van der Waals surface area contributed by atoms with Crippen molar-refractivity contribution in [3.8, 4) is 5.75 Å². The van der Waals surface area contributed by atoms with Gasteiger partial charge in [-0.3, -0.25) is 0 Å². The zero-order chi connectivity index (χ0) is 16.1. The Morgan fingerprint density at radius 2 is 2.00 bits per heavy atom. The van der Waals surface area contributed by atoms with Gasteiger partial charge in [0.1, 0.15) is 12.0 Å². The van der Waals surface area contributed by atoms with Crippen LogP contribution in [0, 0.1) is 0 Å². The van der Waals surface area contributed by atoms with Gasteiger partial charge in [0.2, 0.25) is 5.95 Å². The molecule has 0 bridgehead atoms. The summed E-state index contributed by atoms with van der Waals surface area (Å²) in [5.41, 5.74) is 7.20. The Hall–Kier alpha value is -2.18. The fourth-order valence-electron chi connectivity index (χ4n) is 2.77. The Morgan fingerprint density at radius 3 is 2.70 bits per heavy atom. The van der Waals surface area contributed by atoms with Crippen LogP contribution in [0.5, 0.6) is 5.75 Å². The SMILES string of the molecule is COc1ccc(CCC2COC(N)CN2c2ncccn2)cc1. The molecule has 0 amide bonds. The average molecular weight is 314 g/mol. The van der Waals surface area contributed by atoms with E-state index in [9.17, 15) is 0 Å². The van der Waals surface area contributed by atoms with Crippen LogP contribution in [-0.4, -0.2) is 42.5 Å². The Bertz CT molecular complexity index is 606. The Morgan fingerprint density at radius 1 is 1.26 bits per heavy atom. The predicted molar refractivity (Wildman–Crippen MR) is 88.4 cm³/mol. The number of anilines is 1. The first-order valence-corrected chi connectivity index (χ1v) is 7.80. The molecule has 23 heavy (non-hydrogen) atoms. The summed E-state index contributed by atoms with van der Waals surface area (Å²) < 4.78 is 10.8. The normalized spacial score (nSPS) is 21.2. The van der Waals surface area contributed by atoms with E-state index in [1.54, 1.807) is 19.5 Å². The fourth-order valence-corrected chi connectivity index (χ4v) is 2.77. The summed E-state index contributed by atoms with van der Waals surface area (Å²) in [5.74, 6) is 1.59. The molecule has 1 saturated heterocycles. The van der Waals surface area contributed by atoms with E-state index in [4.69, 9.17) is 15.2 Å². The second-order valence-corrected chi connectivity index (χ2v) is 5.61. The molecule has 2 atom stereocenters. The molecule has 0 radical (unpaired) electrons. The van der Waals surface area contributed by atoms with Gasteiger partial charge in [0.15, 0.2) is 0 Å². The van der Waals surface area contributed by atoms with Gasteiger partial charge in [0.25, 0.3) is 0 Å². The molecule has 6 heteroatoms. The minimum absolute atomic E-state index is 0.222. The number of methoxy groups -OCH3 is 1. The average Bonchev–Trinajstić information content (AvgIpc) is 2.62. The van der Waals surface area contributed by atoms with Crippen LogP contribution in [0.2, 0.25) is 0 Å². The van der Waals surface area contributed by atoms with Gasteiger partial charge >= 0.3 is 0 Å². The number of rotatable bonds is 5. The van der Waals surface area contributed by atoms with Crippen LogP contribution in [0.15, 0.2) is 42.7 Å². The molecule has 0 spiro atoms. The van der Waals surface area contributed by atoms with E-state index in [2.05, 4.69) is 27.0 Å². The number of ether oxygens (including phenoxy) is 2. The smallest absolute Gasteiger partial charge is 0.225 e. The first kappa shape index (κ1) is 15.7. The zero-order valence-corrected chi connectivity index (χ0v) is 13.3. The molecule has 2 heterocycles. The minimum Gasteiger partial charge on any atom is -0.497 e. The predicted octanol–water partition coefficient (Wildman–Crippen LogP) is 1.61. The molecular weight excluding hydrogens is 292 g/mol. The summed E-state index contributed by atoms with van der Waals surface area (Å²) in [6.45, 7) is 1.20. The van der Waals surface area contributed by atoms with Gasteiger partial charge in [0, 0.05) is 12.4 Å². The molecule has 2 unspecified atom stereocenters. The van der Waals surface area contributed by atoms with Crippen LogP contribution >= 0.6 is 0 Å². The number of nitrogens with zero attached hydrogens (tertiary/aromatic N) is 3. The summed E-state index contributed by atoms with van der Waals surface area (Å²) in [4.78, 5) is 10.9. The lowest BCUT2D eigenvalue weighted by molar-refractivity contribution is 0.0210. The second kappa shape index (κ2) is 7.39. The third-order valence-electron chi connectivity index (χ3n) is 4.05. The van der Waals surface area contributed by atoms with E-state index >= 15 is 0 Å². The molecule has 122 valence electrons. The van der Waals surface area contributed by atoms with E-state index in [0.29, 0.717) is 19.1 Å². The lowest BCUT2D eigenvalue weighted by Gasteiger charge is -2.38. The summed E-state index contributed by atoms with van der Waals surface area (Å²) in [6.07, 6.45) is 5.12. The zero-order valence-electron chi connectivity index (χ0n) is 13.3. The maximum absolute atomic E-state index is 5.93. The summed E-state index contributed by atoms with van der Waals surface area (Å²) in [5, 5.41) is 0. The quantitative estimate of drug-likeness (QED) is 0.904. The highest BCUT2D eigenvalue weighted by Crippen LogP contribution is 2.20. The molecule has 2 aromatic rings. The van der Waals surface area contributed by atoms with Gasteiger partial charge in [-0.15, -0.1) is 0 Å². The van der Waals surface area contributed by atoms with Gasteiger partial charge < -0.3 is 20.1 Å². The van der Waals surface area contributed by atoms with Crippen LogP contribution < -0.4 is 15.4 Å². The summed E-state index contributed by atoms with van der Waals surface area (Å²) in [6, 6.07) is 10.2. The topological polar surface area (TPSA) is 73.5 Å². The first-order valence-electron chi connectivity index (χ1n) is 7.80. The third-order valence-corrected chi connectivity index (χ3v) is 4.05. The van der Waals surface area contributed by atoms with Crippen molar-refractivity contribution in [2.75, 3.05) is 25.2 Å². The molecule has 1 aromatic carbocycles. The standard InChI is InChI=1S/C17H22N4O2/c1-22-15-7-4-13(5-8-15)3-6-14-12-23-16(18)11-21(14)17-19-9-2-10-20-17/h2,4-5,7-10,14,16H,3,6,11-12,18H2,1H3. The van der Waals surface area contributed by atoms with Crippen LogP contribution in [0.25, 0.3) is 0 Å². The summed E-state index contributed by atoms with van der Waals surface area (Å²) >= 11 is 0. The summed E-state index contributed by atoms with van der Waals surface area (Å²) in [7, 11) is 1.68. The number of nitrogens with two attached hydrogens (primary N) is 1. The Labute approximate surface area is 136 Å². The largest absolute Gasteiger partial charge is 0.497 e. The molecule has 0 saturated carbocycles. The minimum atomic E-state index is -0.295. The van der Waals surface area contributed by atoms with Crippen molar-refractivity contribution >= 4 is 5.95 Å². The van der Waals surface area contributed by atoms with Gasteiger partial charge in [-0.2, -0.15) is 0 Å². The molecule has 6 nitrogen and oxygen atoms in total.